The van der Waals surface area contributed by atoms with Crippen molar-refractivity contribution >= 4 is 11.0 Å². The Balaban J connectivity index is 2.78. The van der Waals surface area contributed by atoms with E-state index in [9.17, 15) is 4.79 Å². The molecular formula is C12H12O3. The van der Waals surface area contributed by atoms with Gasteiger partial charge in [0.15, 0.2) is 0 Å². The van der Waals surface area contributed by atoms with E-state index < -0.39 is 0 Å². The largest absolute Gasteiger partial charge is 0.422 e. The van der Waals surface area contributed by atoms with Gasteiger partial charge >= 0.3 is 5.63 Å². The van der Waals surface area contributed by atoms with Crippen LogP contribution in [-0.4, -0.2) is 7.11 Å². The molecule has 3 heteroatoms. The molecule has 78 valence electrons. The molecular weight excluding hydrogens is 192 g/mol. The fourth-order valence-corrected chi connectivity index (χ4v) is 1.65. The molecule has 1 aromatic carbocycles. The third-order valence-electron chi connectivity index (χ3n) is 2.48. The van der Waals surface area contributed by atoms with E-state index in [0.29, 0.717) is 17.8 Å². The number of ether oxygens (including phenoxy) is 1. The Hall–Kier alpha value is -1.61. The third kappa shape index (κ3) is 1.66. The highest BCUT2D eigenvalue weighted by Gasteiger charge is 2.09. The third-order valence-corrected chi connectivity index (χ3v) is 2.48. The molecule has 15 heavy (non-hydrogen) atoms. The minimum absolute atomic E-state index is 0.291. The standard InChI is InChI=1S/C12H12O3/c1-8-9-5-3-4-6-11(9)15-12(13)10(8)7-14-2/h3-6H,7H2,1-2H3. The van der Waals surface area contributed by atoms with Gasteiger partial charge in [-0.05, 0) is 18.6 Å². The maximum absolute atomic E-state index is 11.6. The van der Waals surface area contributed by atoms with Crippen LogP contribution in [0.1, 0.15) is 11.1 Å². The fourth-order valence-electron chi connectivity index (χ4n) is 1.65. The summed E-state index contributed by atoms with van der Waals surface area (Å²) < 4.78 is 10.2. The zero-order chi connectivity index (χ0) is 10.8. The molecule has 0 atom stereocenters. The highest BCUT2D eigenvalue weighted by molar-refractivity contribution is 5.80. The molecule has 0 N–H and O–H groups in total. The zero-order valence-electron chi connectivity index (χ0n) is 8.74. The number of benzene rings is 1. The number of methoxy groups -OCH3 is 1. The lowest BCUT2D eigenvalue weighted by molar-refractivity contribution is 0.181. The van der Waals surface area contributed by atoms with Gasteiger partial charge in [0, 0.05) is 12.5 Å². The van der Waals surface area contributed by atoms with Crippen LogP contribution in [0.4, 0.5) is 0 Å². The van der Waals surface area contributed by atoms with Gasteiger partial charge in [0.2, 0.25) is 0 Å². The molecule has 2 aromatic rings. The summed E-state index contributed by atoms with van der Waals surface area (Å²) in [7, 11) is 1.56. The Bertz CT molecular complexity index is 540. The Labute approximate surface area is 87.3 Å². The van der Waals surface area contributed by atoms with Crippen LogP contribution in [0.25, 0.3) is 11.0 Å². The molecule has 0 aliphatic carbocycles. The highest BCUT2D eigenvalue weighted by atomic mass is 16.5. The summed E-state index contributed by atoms with van der Waals surface area (Å²) >= 11 is 0. The van der Waals surface area contributed by atoms with E-state index in [1.54, 1.807) is 13.2 Å². The van der Waals surface area contributed by atoms with Crippen LogP contribution in [0.5, 0.6) is 0 Å². The van der Waals surface area contributed by atoms with E-state index in [-0.39, 0.29) is 5.63 Å². The van der Waals surface area contributed by atoms with Crippen LogP contribution in [0, 0.1) is 6.92 Å². The second-order valence-electron chi connectivity index (χ2n) is 3.42. The van der Waals surface area contributed by atoms with Gasteiger partial charge in [-0.3, -0.25) is 0 Å². The van der Waals surface area contributed by atoms with Gasteiger partial charge in [0.25, 0.3) is 0 Å². The number of para-hydroxylation sites is 1. The maximum atomic E-state index is 11.6. The van der Waals surface area contributed by atoms with Gasteiger partial charge < -0.3 is 9.15 Å². The van der Waals surface area contributed by atoms with E-state index in [1.807, 2.05) is 25.1 Å². The first-order valence-corrected chi connectivity index (χ1v) is 4.74. The number of fused-ring (bicyclic) bond motifs is 1. The van der Waals surface area contributed by atoms with Crippen molar-refractivity contribution in [2.75, 3.05) is 7.11 Å². The Morgan fingerprint density at radius 1 is 1.33 bits per heavy atom. The van der Waals surface area contributed by atoms with Crippen LogP contribution < -0.4 is 5.63 Å². The van der Waals surface area contributed by atoms with Crippen molar-refractivity contribution in [3.63, 3.8) is 0 Å². The number of hydrogen-bond donors (Lipinski definition) is 0. The zero-order valence-corrected chi connectivity index (χ0v) is 8.74. The summed E-state index contributed by atoms with van der Waals surface area (Å²) in [5, 5.41) is 0.962. The molecule has 0 radical (unpaired) electrons. The smallest absolute Gasteiger partial charge is 0.342 e. The van der Waals surface area contributed by atoms with Crippen molar-refractivity contribution in [3.05, 3.63) is 45.8 Å². The predicted molar refractivity (Wildman–Crippen MR) is 57.9 cm³/mol. The average Bonchev–Trinajstić information content (AvgIpc) is 2.24. The average molecular weight is 204 g/mol. The molecule has 0 saturated heterocycles. The Kier molecular flexibility index (Phi) is 2.56. The monoisotopic (exact) mass is 204 g/mol. The summed E-state index contributed by atoms with van der Waals surface area (Å²) in [6, 6.07) is 7.50. The lowest BCUT2D eigenvalue weighted by Gasteiger charge is -2.05. The number of aryl methyl sites for hydroxylation is 1. The summed E-state index contributed by atoms with van der Waals surface area (Å²) in [6.07, 6.45) is 0. The Morgan fingerprint density at radius 2 is 2.07 bits per heavy atom. The molecule has 0 fully saturated rings. The first-order chi connectivity index (χ1) is 7.24. The summed E-state index contributed by atoms with van der Waals surface area (Å²) in [5.74, 6) is 0. The number of hydrogen-bond acceptors (Lipinski definition) is 3. The topological polar surface area (TPSA) is 39.4 Å². The first-order valence-electron chi connectivity index (χ1n) is 4.74. The van der Waals surface area contributed by atoms with E-state index in [2.05, 4.69) is 0 Å². The molecule has 2 rings (SSSR count). The molecule has 0 spiro atoms. The van der Waals surface area contributed by atoms with Gasteiger partial charge in [-0.2, -0.15) is 0 Å². The van der Waals surface area contributed by atoms with Crippen LogP contribution >= 0.6 is 0 Å². The van der Waals surface area contributed by atoms with Gasteiger partial charge in [0.1, 0.15) is 5.58 Å². The number of rotatable bonds is 2. The molecule has 0 aliphatic rings. The van der Waals surface area contributed by atoms with E-state index in [0.717, 1.165) is 10.9 Å². The van der Waals surface area contributed by atoms with Crippen molar-refractivity contribution in [1.29, 1.82) is 0 Å². The van der Waals surface area contributed by atoms with Gasteiger partial charge in [-0.25, -0.2) is 4.79 Å². The molecule has 0 amide bonds. The SMILES string of the molecule is COCc1c(C)c2ccccc2oc1=O. The van der Waals surface area contributed by atoms with Crippen LogP contribution in [0.3, 0.4) is 0 Å². The van der Waals surface area contributed by atoms with Crippen molar-refractivity contribution in [3.8, 4) is 0 Å². The first kappa shape index (κ1) is 9.93. The molecule has 0 unspecified atom stereocenters. The van der Waals surface area contributed by atoms with Gasteiger partial charge in [-0.1, -0.05) is 18.2 Å². The second kappa shape index (κ2) is 3.87. The summed E-state index contributed by atoms with van der Waals surface area (Å²) in [6.45, 7) is 2.20. The minimum atomic E-state index is -0.312. The summed E-state index contributed by atoms with van der Waals surface area (Å²) in [4.78, 5) is 11.6. The highest BCUT2D eigenvalue weighted by Crippen LogP contribution is 2.18. The second-order valence-corrected chi connectivity index (χ2v) is 3.42. The van der Waals surface area contributed by atoms with Crippen molar-refractivity contribution in [1.82, 2.24) is 0 Å². The van der Waals surface area contributed by atoms with E-state index in [4.69, 9.17) is 9.15 Å². The predicted octanol–water partition coefficient (Wildman–Crippen LogP) is 2.25. The molecule has 1 aromatic heterocycles. The molecule has 0 saturated carbocycles. The fraction of sp³-hybridized carbons (Fsp3) is 0.250. The summed E-state index contributed by atoms with van der Waals surface area (Å²) in [5.41, 5.74) is 1.84. The van der Waals surface area contributed by atoms with Crippen LogP contribution in [0.15, 0.2) is 33.5 Å². The normalized spacial score (nSPS) is 10.8. The minimum Gasteiger partial charge on any atom is -0.422 e. The molecule has 1 heterocycles. The van der Waals surface area contributed by atoms with E-state index in [1.165, 1.54) is 0 Å². The lowest BCUT2D eigenvalue weighted by Crippen LogP contribution is -2.10. The van der Waals surface area contributed by atoms with Crippen LogP contribution in [0.2, 0.25) is 0 Å². The van der Waals surface area contributed by atoms with Crippen molar-refractivity contribution < 1.29 is 9.15 Å². The lowest BCUT2D eigenvalue weighted by atomic mass is 10.1. The maximum Gasteiger partial charge on any atom is 0.342 e. The molecule has 0 aliphatic heterocycles. The Morgan fingerprint density at radius 3 is 2.80 bits per heavy atom. The molecule has 3 nitrogen and oxygen atoms in total. The van der Waals surface area contributed by atoms with Crippen molar-refractivity contribution in [2.45, 2.75) is 13.5 Å². The van der Waals surface area contributed by atoms with Gasteiger partial charge in [0.05, 0.1) is 12.2 Å². The molecule has 0 bridgehead atoms. The van der Waals surface area contributed by atoms with Gasteiger partial charge in [-0.15, -0.1) is 0 Å². The quantitative estimate of drug-likeness (QED) is 0.704. The van der Waals surface area contributed by atoms with Crippen molar-refractivity contribution in [2.24, 2.45) is 0 Å². The van der Waals surface area contributed by atoms with E-state index >= 15 is 0 Å². The van der Waals surface area contributed by atoms with Crippen LogP contribution in [-0.2, 0) is 11.3 Å².